The molecule has 0 spiro atoms. The molecule has 0 amide bonds. The molecule has 0 aliphatic rings. The van der Waals surface area contributed by atoms with Crippen LogP contribution in [0.15, 0.2) is 72.8 Å². The van der Waals surface area contributed by atoms with E-state index in [1.165, 1.54) is 50.7 Å². The lowest BCUT2D eigenvalue weighted by Crippen LogP contribution is -2.26. The van der Waals surface area contributed by atoms with Crippen molar-refractivity contribution >= 4 is 11.9 Å². The van der Waals surface area contributed by atoms with E-state index in [1.54, 1.807) is 67.6 Å². The number of esters is 2. The van der Waals surface area contributed by atoms with Crippen molar-refractivity contribution in [1.82, 2.24) is 0 Å². The third-order valence-electron chi connectivity index (χ3n) is 7.81. The fraction of sp³-hybridized carbons (Fsp3) is 0.474. The van der Waals surface area contributed by atoms with Crippen LogP contribution in [0.3, 0.4) is 0 Å². The summed E-state index contributed by atoms with van der Waals surface area (Å²) in [4.78, 5) is 25.2. The molecule has 0 bridgehead atoms. The van der Waals surface area contributed by atoms with Crippen LogP contribution >= 0.6 is 0 Å². The predicted molar refractivity (Wildman–Crippen MR) is 175 cm³/mol. The number of alkyl halides is 2. The number of carbonyl (C=O) groups is 2. The van der Waals surface area contributed by atoms with Gasteiger partial charge >= 0.3 is 11.9 Å². The third kappa shape index (κ3) is 12.3. The molecule has 0 aliphatic heterocycles. The van der Waals surface area contributed by atoms with Gasteiger partial charge in [-0.15, -0.1) is 0 Å². The summed E-state index contributed by atoms with van der Waals surface area (Å²) in [5.74, 6) is -1.92. The van der Waals surface area contributed by atoms with Gasteiger partial charge in [0, 0.05) is 0 Å². The largest absolute Gasteiger partial charge is 0.494 e. The van der Waals surface area contributed by atoms with Gasteiger partial charge in [0.1, 0.15) is 17.4 Å². The Kier molecular flexibility index (Phi) is 15.6. The summed E-state index contributed by atoms with van der Waals surface area (Å²) in [6, 6.07) is 20.3. The molecule has 244 valence electrons. The molecule has 0 radical (unpaired) electrons. The maximum absolute atomic E-state index is 13.8. The predicted octanol–water partition coefficient (Wildman–Crippen LogP) is 10.6. The van der Waals surface area contributed by atoms with Crippen molar-refractivity contribution in [2.75, 3.05) is 6.61 Å². The van der Waals surface area contributed by atoms with Gasteiger partial charge in [-0.2, -0.15) is 0 Å². The van der Waals surface area contributed by atoms with Crippen molar-refractivity contribution in [3.63, 3.8) is 0 Å². The third-order valence-corrected chi connectivity index (χ3v) is 7.81. The molecule has 3 aromatic carbocycles. The van der Waals surface area contributed by atoms with E-state index in [0.29, 0.717) is 24.3 Å². The van der Waals surface area contributed by atoms with Gasteiger partial charge in [0.2, 0.25) is 0 Å². The number of ether oxygens (including phenoxy) is 3. The SMILES string of the molecule is CCCCCCCCCCOc1ccc(C(=O)Oc2ccc(-c3ccc([C@H](C(=O)OC(C)CCCC)C(F)F)cc3)cc2)cc1. The van der Waals surface area contributed by atoms with Crippen molar-refractivity contribution in [3.8, 4) is 22.6 Å². The summed E-state index contributed by atoms with van der Waals surface area (Å²) >= 11 is 0. The minimum Gasteiger partial charge on any atom is -0.494 e. The van der Waals surface area contributed by atoms with Crippen LogP contribution in [-0.2, 0) is 9.53 Å². The highest BCUT2D eigenvalue weighted by atomic mass is 19.3. The average molecular weight is 623 g/mol. The van der Waals surface area contributed by atoms with Gasteiger partial charge in [0.15, 0.2) is 0 Å². The molecule has 3 rings (SSSR count). The number of hydrogen-bond donors (Lipinski definition) is 0. The fourth-order valence-corrected chi connectivity index (χ4v) is 5.08. The lowest BCUT2D eigenvalue weighted by molar-refractivity contribution is -0.154. The van der Waals surface area contributed by atoms with Crippen molar-refractivity contribution in [3.05, 3.63) is 83.9 Å². The second-order valence-electron chi connectivity index (χ2n) is 11.6. The monoisotopic (exact) mass is 622 g/mol. The van der Waals surface area contributed by atoms with E-state index in [1.807, 2.05) is 6.92 Å². The number of hydrogen-bond acceptors (Lipinski definition) is 5. The second-order valence-corrected chi connectivity index (χ2v) is 11.6. The van der Waals surface area contributed by atoms with Crippen LogP contribution in [0.5, 0.6) is 11.5 Å². The van der Waals surface area contributed by atoms with Gasteiger partial charge < -0.3 is 14.2 Å². The summed E-state index contributed by atoms with van der Waals surface area (Å²) < 4.78 is 44.3. The Balaban J connectivity index is 1.48. The Bertz CT molecular complexity index is 1270. The van der Waals surface area contributed by atoms with Crippen LogP contribution in [0.25, 0.3) is 11.1 Å². The minimum atomic E-state index is -2.88. The summed E-state index contributed by atoms with van der Waals surface area (Å²) in [5, 5.41) is 0. The average Bonchev–Trinajstić information content (AvgIpc) is 3.04. The minimum absolute atomic E-state index is 0.205. The van der Waals surface area contributed by atoms with Crippen LogP contribution in [0.2, 0.25) is 0 Å². The van der Waals surface area contributed by atoms with Gasteiger partial charge in [-0.3, -0.25) is 4.79 Å². The van der Waals surface area contributed by atoms with E-state index in [9.17, 15) is 18.4 Å². The number of carbonyl (C=O) groups excluding carboxylic acids is 2. The molecule has 1 unspecified atom stereocenters. The first-order valence-corrected chi connectivity index (χ1v) is 16.5. The first kappa shape index (κ1) is 35.7. The Labute approximate surface area is 267 Å². The zero-order valence-corrected chi connectivity index (χ0v) is 26.9. The smallest absolute Gasteiger partial charge is 0.343 e. The van der Waals surface area contributed by atoms with Crippen LogP contribution in [0, 0.1) is 0 Å². The molecule has 2 atom stereocenters. The van der Waals surface area contributed by atoms with Crippen LogP contribution in [0.1, 0.15) is 113 Å². The normalized spacial score (nSPS) is 12.5. The molecular formula is C38H48F2O5. The first-order valence-electron chi connectivity index (χ1n) is 16.5. The Morgan fingerprint density at radius 2 is 1.20 bits per heavy atom. The molecule has 7 heteroatoms. The van der Waals surface area contributed by atoms with E-state index < -0.39 is 30.4 Å². The van der Waals surface area contributed by atoms with E-state index in [-0.39, 0.29) is 5.56 Å². The molecular weight excluding hydrogens is 574 g/mol. The number of benzene rings is 3. The zero-order valence-electron chi connectivity index (χ0n) is 26.9. The van der Waals surface area contributed by atoms with Gasteiger partial charge in [0.25, 0.3) is 6.43 Å². The second kappa shape index (κ2) is 19.6. The van der Waals surface area contributed by atoms with Gasteiger partial charge in [-0.25, -0.2) is 13.6 Å². The molecule has 0 aromatic heterocycles. The lowest BCUT2D eigenvalue weighted by Gasteiger charge is -2.19. The molecule has 0 heterocycles. The van der Waals surface area contributed by atoms with E-state index >= 15 is 0 Å². The van der Waals surface area contributed by atoms with Crippen molar-refractivity contribution in [1.29, 1.82) is 0 Å². The highest BCUT2D eigenvalue weighted by Crippen LogP contribution is 2.29. The van der Waals surface area contributed by atoms with E-state index in [2.05, 4.69) is 6.92 Å². The maximum Gasteiger partial charge on any atom is 0.343 e. The van der Waals surface area contributed by atoms with Crippen molar-refractivity contribution < 1.29 is 32.6 Å². The highest BCUT2D eigenvalue weighted by molar-refractivity contribution is 5.91. The summed E-state index contributed by atoms with van der Waals surface area (Å²) in [6.45, 7) is 6.63. The molecule has 0 saturated carbocycles. The van der Waals surface area contributed by atoms with Gasteiger partial charge in [0.05, 0.1) is 18.3 Å². The standard InChI is InChI=1S/C38H48F2O5/c1-4-6-8-9-10-11-12-13-27-43-33-23-21-32(22-24-33)37(41)45-34-25-19-30(20-26-34)29-15-17-31(18-16-29)35(36(39)40)38(42)44-28(3)14-7-5-2/h15-26,28,35-36H,4-14,27H2,1-3H3/t28?,35-/m0/s1. The van der Waals surface area contributed by atoms with Crippen LogP contribution < -0.4 is 9.47 Å². The summed E-state index contributed by atoms with van der Waals surface area (Å²) in [5.41, 5.74) is 2.21. The Morgan fingerprint density at radius 3 is 1.78 bits per heavy atom. The summed E-state index contributed by atoms with van der Waals surface area (Å²) in [6.07, 6.45) is 9.10. The molecule has 3 aromatic rings. The van der Waals surface area contributed by atoms with Crippen molar-refractivity contribution in [2.24, 2.45) is 0 Å². The number of unbranched alkanes of at least 4 members (excludes halogenated alkanes) is 8. The van der Waals surface area contributed by atoms with Gasteiger partial charge in [-0.05, 0) is 72.9 Å². The number of halogens is 2. The Hall–Kier alpha value is -3.74. The topological polar surface area (TPSA) is 61.8 Å². The van der Waals surface area contributed by atoms with Crippen LogP contribution in [0.4, 0.5) is 8.78 Å². The van der Waals surface area contributed by atoms with Gasteiger partial charge in [-0.1, -0.05) is 108 Å². The lowest BCUT2D eigenvalue weighted by atomic mass is 9.96. The highest BCUT2D eigenvalue weighted by Gasteiger charge is 2.32. The van der Waals surface area contributed by atoms with E-state index in [0.717, 1.165) is 42.6 Å². The van der Waals surface area contributed by atoms with E-state index in [4.69, 9.17) is 14.2 Å². The summed E-state index contributed by atoms with van der Waals surface area (Å²) in [7, 11) is 0. The fourth-order valence-electron chi connectivity index (χ4n) is 5.08. The molecule has 0 N–H and O–H groups in total. The molecule has 0 aliphatic carbocycles. The molecule has 45 heavy (non-hydrogen) atoms. The zero-order chi connectivity index (χ0) is 32.4. The molecule has 0 fully saturated rings. The number of rotatable bonds is 20. The first-order chi connectivity index (χ1) is 21.8. The maximum atomic E-state index is 13.8. The quantitative estimate of drug-likeness (QED) is 0.0713. The van der Waals surface area contributed by atoms with Crippen molar-refractivity contribution in [2.45, 2.75) is 110 Å². The van der Waals surface area contributed by atoms with Crippen LogP contribution in [-0.4, -0.2) is 31.1 Å². The Morgan fingerprint density at radius 1 is 0.667 bits per heavy atom. The molecule has 5 nitrogen and oxygen atoms in total. The molecule has 0 saturated heterocycles.